The molecule has 19 heavy (non-hydrogen) atoms. The van der Waals surface area contributed by atoms with Gasteiger partial charge in [0, 0.05) is 24.9 Å². The minimum Gasteiger partial charge on any atom is -0.469 e. The summed E-state index contributed by atoms with van der Waals surface area (Å²) in [7, 11) is 0. The molecule has 2 rings (SSSR count). The number of nitrogens with one attached hydrogen (secondary N) is 1. The number of aromatic nitrogens is 1. The van der Waals surface area contributed by atoms with Gasteiger partial charge in [0.25, 0.3) is 0 Å². The van der Waals surface area contributed by atoms with Gasteiger partial charge in [-0.3, -0.25) is 0 Å². The van der Waals surface area contributed by atoms with E-state index in [1.54, 1.807) is 12.5 Å². The molecule has 2 aromatic rings. The maximum atomic E-state index is 5.77. The summed E-state index contributed by atoms with van der Waals surface area (Å²) in [5.74, 6) is 2.49. The second-order valence-corrected chi connectivity index (χ2v) is 5.66. The van der Waals surface area contributed by atoms with Crippen LogP contribution in [0.5, 0.6) is 0 Å². The van der Waals surface area contributed by atoms with Gasteiger partial charge in [-0.15, -0.1) is 0 Å². The van der Waals surface area contributed by atoms with Crippen molar-refractivity contribution >= 4 is 0 Å². The van der Waals surface area contributed by atoms with Gasteiger partial charge in [0.15, 0.2) is 11.7 Å². The Morgan fingerprint density at radius 2 is 2.11 bits per heavy atom. The fraction of sp³-hybridized carbons (Fsp3) is 0.533. The zero-order chi connectivity index (χ0) is 13.9. The predicted molar refractivity (Wildman–Crippen MR) is 75.0 cm³/mol. The topological polar surface area (TPSA) is 51.2 Å². The van der Waals surface area contributed by atoms with E-state index >= 15 is 0 Å². The van der Waals surface area contributed by atoms with Crippen molar-refractivity contribution in [2.45, 2.75) is 46.1 Å². The Labute approximate surface area is 114 Å². The Morgan fingerprint density at radius 3 is 2.79 bits per heavy atom. The SMILES string of the molecule is CCc1occc1-c1cnc(CCNC(C)(C)C)o1. The van der Waals surface area contributed by atoms with Crippen molar-refractivity contribution in [1.82, 2.24) is 10.3 Å². The summed E-state index contributed by atoms with van der Waals surface area (Å²) in [4.78, 5) is 4.32. The number of oxazole rings is 1. The van der Waals surface area contributed by atoms with Crippen LogP contribution in [-0.2, 0) is 12.8 Å². The predicted octanol–water partition coefficient (Wildman–Crippen LogP) is 3.43. The van der Waals surface area contributed by atoms with Gasteiger partial charge in [0.1, 0.15) is 5.76 Å². The molecule has 0 unspecified atom stereocenters. The van der Waals surface area contributed by atoms with Crippen LogP contribution in [0.3, 0.4) is 0 Å². The Balaban J connectivity index is 2.00. The van der Waals surface area contributed by atoms with E-state index in [1.807, 2.05) is 6.07 Å². The molecule has 0 aliphatic heterocycles. The lowest BCUT2D eigenvalue weighted by Crippen LogP contribution is -2.37. The highest BCUT2D eigenvalue weighted by atomic mass is 16.4. The number of hydrogen-bond acceptors (Lipinski definition) is 4. The summed E-state index contributed by atoms with van der Waals surface area (Å²) in [5.41, 5.74) is 1.13. The molecule has 4 heteroatoms. The van der Waals surface area contributed by atoms with Crippen LogP contribution in [0.15, 0.2) is 27.4 Å². The van der Waals surface area contributed by atoms with Crippen LogP contribution in [0.4, 0.5) is 0 Å². The van der Waals surface area contributed by atoms with Gasteiger partial charge in [0.2, 0.25) is 0 Å². The molecule has 0 radical (unpaired) electrons. The molecule has 0 bridgehead atoms. The average molecular weight is 262 g/mol. The lowest BCUT2D eigenvalue weighted by molar-refractivity contribution is 0.411. The summed E-state index contributed by atoms with van der Waals surface area (Å²) in [5, 5.41) is 3.42. The molecule has 0 saturated carbocycles. The molecule has 0 saturated heterocycles. The fourth-order valence-corrected chi connectivity index (χ4v) is 1.93. The van der Waals surface area contributed by atoms with Gasteiger partial charge in [-0.2, -0.15) is 0 Å². The standard InChI is InChI=1S/C15H22N2O2/c1-5-12-11(7-9-18-12)13-10-16-14(19-13)6-8-17-15(2,3)4/h7,9-10,17H,5-6,8H2,1-4H3. The van der Waals surface area contributed by atoms with E-state index in [4.69, 9.17) is 8.83 Å². The molecule has 0 atom stereocenters. The highest BCUT2D eigenvalue weighted by molar-refractivity contribution is 5.58. The number of nitrogens with zero attached hydrogens (tertiary/aromatic N) is 1. The fourth-order valence-electron chi connectivity index (χ4n) is 1.93. The highest BCUT2D eigenvalue weighted by Gasteiger charge is 2.13. The van der Waals surface area contributed by atoms with Crippen LogP contribution in [0, 0.1) is 0 Å². The van der Waals surface area contributed by atoms with Crippen LogP contribution < -0.4 is 5.32 Å². The summed E-state index contributed by atoms with van der Waals surface area (Å²) >= 11 is 0. The Bertz CT molecular complexity index is 520. The van der Waals surface area contributed by atoms with Crippen molar-refractivity contribution in [3.63, 3.8) is 0 Å². The number of furan rings is 1. The van der Waals surface area contributed by atoms with Crippen LogP contribution in [0.2, 0.25) is 0 Å². The van der Waals surface area contributed by atoms with Gasteiger partial charge >= 0.3 is 0 Å². The van der Waals surface area contributed by atoms with Gasteiger partial charge < -0.3 is 14.2 Å². The third-order valence-corrected chi connectivity index (χ3v) is 2.88. The van der Waals surface area contributed by atoms with E-state index in [-0.39, 0.29) is 5.54 Å². The smallest absolute Gasteiger partial charge is 0.196 e. The van der Waals surface area contributed by atoms with Crippen LogP contribution in [0.1, 0.15) is 39.3 Å². The Morgan fingerprint density at radius 1 is 1.32 bits per heavy atom. The lowest BCUT2D eigenvalue weighted by Gasteiger charge is -2.19. The molecule has 2 aromatic heterocycles. The Hall–Kier alpha value is -1.55. The average Bonchev–Trinajstić information content (AvgIpc) is 2.93. The molecule has 0 aliphatic rings. The van der Waals surface area contributed by atoms with Crippen molar-refractivity contribution in [2.75, 3.05) is 6.54 Å². The number of hydrogen-bond donors (Lipinski definition) is 1. The first kappa shape index (κ1) is 13.9. The van der Waals surface area contributed by atoms with Gasteiger partial charge in [0.05, 0.1) is 18.0 Å². The highest BCUT2D eigenvalue weighted by Crippen LogP contribution is 2.26. The molecule has 0 amide bonds. The van der Waals surface area contributed by atoms with Crippen LogP contribution in [0.25, 0.3) is 11.3 Å². The molecule has 0 aliphatic carbocycles. The zero-order valence-electron chi connectivity index (χ0n) is 12.1. The first-order valence-electron chi connectivity index (χ1n) is 6.76. The van der Waals surface area contributed by atoms with E-state index in [0.29, 0.717) is 0 Å². The van der Waals surface area contributed by atoms with E-state index in [2.05, 4.69) is 38.0 Å². The van der Waals surface area contributed by atoms with Crippen LogP contribution >= 0.6 is 0 Å². The van der Waals surface area contributed by atoms with Crippen molar-refractivity contribution in [3.05, 3.63) is 30.2 Å². The van der Waals surface area contributed by atoms with E-state index in [9.17, 15) is 0 Å². The normalized spacial score (nSPS) is 12.0. The molecule has 0 spiro atoms. The second-order valence-electron chi connectivity index (χ2n) is 5.66. The third kappa shape index (κ3) is 3.70. The molecule has 2 heterocycles. The summed E-state index contributed by atoms with van der Waals surface area (Å²) in [6.07, 6.45) is 5.11. The van der Waals surface area contributed by atoms with E-state index < -0.39 is 0 Å². The van der Waals surface area contributed by atoms with Crippen molar-refractivity contribution < 1.29 is 8.83 Å². The minimum atomic E-state index is 0.120. The largest absolute Gasteiger partial charge is 0.469 e. The number of rotatable bonds is 5. The first-order valence-corrected chi connectivity index (χ1v) is 6.76. The van der Waals surface area contributed by atoms with Crippen molar-refractivity contribution in [2.24, 2.45) is 0 Å². The third-order valence-electron chi connectivity index (χ3n) is 2.88. The quantitative estimate of drug-likeness (QED) is 0.897. The summed E-state index contributed by atoms with van der Waals surface area (Å²) < 4.78 is 11.2. The van der Waals surface area contributed by atoms with Gasteiger partial charge in [-0.05, 0) is 26.8 Å². The van der Waals surface area contributed by atoms with E-state index in [0.717, 1.165) is 42.4 Å². The lowest BCUT2D eigenvalue weighted by atomic mass is 10.1. The monoisotopic (exact) mass is 262 g/mol. The molecule has 4 nitrogen and oxygen atoms in total. The van der Waals surface area contributed by atoms with E-state index in [1.165, 1.54) is 0 Å². The van der Waals surface area contributed by atoms with Crippen molar-refractivity contribution in [1.29, 1.82) is 0 Å². The van der Waals surface area contributed by atoms with Gasteiger partial charge in [-0.25, -0.2) is 4.98 Å². The van der Waals surface area contributed by atoms with Crippen LogP contribution in [-0.4, -0.2) is 17.1 Å². The maximum Gasteiger partial charge on any atom is 0.196 e. The molecular weight excluding hydrogens is 240 g/mol. The molecular formula is C15H22N2O2. The summed E-state index contributed by atoms with van der Waals surface area (Å²) in [6, 6.07) is 1.93. The zero-order valence-corrected chi connectivity index (χ0v) is 12.1. The van der Waals surface area contributed by atoms with Crippen molar-refractivity contribution in [3.8, 4) is 11.3 Å². The molecule has 1 N–H and O–H groups in total. The Kier molecular flexibility index (Phi) is 4.10. The molecule has 0 fully saturated rings. The minimum absolute atomic E-state index is 0.120. The maximum absolute atomic E-state index is 5.77. The van der Waals surface area contributed by atoms with Gasteiger partial charge in [-0.1, -0.05) is 6.92 Å². The second kappa shape index (κ2) is 5.61. The molecule has 104 valence electrons. The first-order chi connectivity index (χ1) is 8.99. The number of aryl methyl sites for hydroxylation is 1. The molecule has 0 aromatic carbocycles. The summed E-state index contributed by atoms with van der Waals surface area (Å²) in [6.45, 7) is 9.36.